The van der Waals surface area contributed by atoms with Crippen molar-refractivity contribution in [1.82, 2.24) is 10.9 Å². The van der Waals surface area contributed by atoms with Crippen molar-refractivity contribution in [2.45, 2.75) is 0 Å². The Kier molecular flexibility index (Phi) is 4.66. The monoisotopic (exact) mass is 301 g/mol. The zero-order chi connectivity index (χ0) is 15.9. The summed E-state index contributed by atoms with van der Waals surface area (Å²) in [6.07, 6.45) is 4.09. The highest BCUT2D eigenvalue weighted by molar-refractivity contribution is 5.97. The molecule has 2 amide bonds. The number of carbonyl (C=O) groups excluding carboxylic acids is 2. The van der Waals surface area contributed by atoms with E-state index in [2.05, 4.69) is 10.9 Å². The minimum Gasteiger partial charge on any atom is -0.465 e. The lowest BCUT2D eigenvalue weighted by Gasteiger charge is -2.04. The summed E-state index contributed by atoms with van der Waals surface area (Å²) >= 11 is 0. The van der Waals surface area contributed by atoms with Crippen LogP contribution in [0.1, 0.15) is 16.1 Å². The van der Waals surface area contributed by atoms with Crippen LogP contribution in [0.5, 0.6) is 0 Å². The Morgan fingerprint density at radius 2 is 1.86 bits per heavy atom. The first-order chi connectivity index (χ1) is 10.6. The second-order valence-electron chi connectivity index (χ2n) is 4.10. The van der Waals surface area contributed by atoms with Crippen LogP contribution >= 0.6 is 0 Å². The molecule has 22 heavy (non-hydrogen) atoms. The van der Waals surface area contributed by atoms with Gasteiger partial charge >= 0.3 is 0 Å². The second-order valence-corrected chi connectivity index (χ2v) is 4.10. The molecule has 2 rings (SSSR count). The Labute approximate surface area is 124 Å². The van der Waals surface area contributed by atoms with E-state index in [-0.39, 0.29) is 11.3 Å². The SMILES string of the molecule is O=C(C=Cc1ccco1)NNC(=O)c1ccc([N+](=O)[O-])cc1. The molecule has 0 unspecified atom stereocenters. The number of rotatable bonds is 4. The maximum Gasteiger partial charge on any atom is 0.269 e. The van der Waals surface area contributed by atoms with E-state index in [0.717, 1.165) is 0 Å². The molecule has 0 aliphatic heterocycles. The van der Waals surface area contributed by atoms with Gasteiger partial charge in [0.15, 0.2) is 0 Å². The second kappa shape index (κ2) is 6.84. The zero-order valence-corrected chi connectivity index (χ0v) is 11.2. The molecule has 0 spiro atoms. The van der Waals surface area contributed by atoms with Crippen LogP contribution in [0.4, 0.5) is 5.69 Å². The standard InChI is InChI=1S/C14H11N3O5/c18-13(8-7-12-2-1-9-22-12)15-16-14(19)10-3-5-11(6-4-10)17(20)21/h1-9H,(H,15,18)(H,16,19). The van der Waals surface area contributed by atoms with Crippen LogP contribution < -0.4 is 10.9 Å². The van der Waals surface area contributed by atoms with Crippen molar-refractivity contribution >= 4 is 23.6 Å². The number of benzene rings is 1. The van der Waals surface area contributed by atoms with Gasteiger partial charge in [-0.05, 0) is 30.3 Å². The van der Waals surface area contributed by atoms with Crippen LogP contribution in [0.15, 0.2) is 53.2 Å². The summed E-state index contributed by atoms with van der Waals surface area (Å²) in [7, 11) is 0. The summed E-state index contributed by atoms with van der Waals surface area (Å²) in [4.78, 5) is 33.1. The van der Waals surface area contributed by atoms with E-state index in [1.807, 2.05) is 0 Å². The van der Waals surface area contributed by atoms with Crippen molar-refractivity contribution in [2.75, 3.05) is 0 Å². The lowest BCUT2D eigenvalue weighted by atomic mass is 10.2. The van der Waals surface area contributed by atoms with Crippen molar-refractivity contribution in [3.05, 3.63) is 70.2 Å². The molecule has 1 heterocycles. The molecule has 8 nitrogen and oxygen atoms in total. The van der Waals surface area contributed by atoms with Gasteiger partial charge in [0, 0.05) is 23.8 Å². The number of nitrogens with zero attached hydrogens (tertiary/aromatic N) is 1. The molecule has 0 fully saturated rings. The van der Waals surface area contributed by atoms with Crippen molar-refractivity contribution in [3.63, 3.8) is 0 Å². The number of non-ortho nitro benzene ring substituents is 1. The summed E-state index contributed by atoms with van der Waals surface area (Å²) in [6, 6.07) is 8.32. The third-order valence-corrected chi connectivity index (χ3v) is 2.58. The van der Waals surface area contributed by atoms with Gasteiger partial charge in [-0.3, -0.25) is 30.6 Å². The Morgan fingerprint density at radius 3 is 2.45 bits per heavy atom. The van der Waals surface area contributed by atoms with Gasteiger partial charge in [-0.1, -0.05) is 0 Å². The fourth-order valence-corrected chi connectivity index (χ4v) is 1.51. The van der Waals surface area contributed by atoms with Crippen molar-refractivity contribution in [1.29, 1.82) is 0 Å². The van der Waals surface area contributed by atoms with Crippen LogP contribution in [-0.2, 0) is 4.79 Å². The molecule has 112 valence electrons. The molecular formula is C14H11N3O5. The minimum atomic E-state index is -0.588. The van der Waals surface area contributed by atoms with Crippen LogP contribution in [0.2, 0.25) is 0 Å². The molecule has 0 radical (unpaired) electrons. The van der Waals surface area contributed by atoms with Gasteiger partial charge < -0.3 is 4.42 Å². The van der Waals surface area contributed by atoms with E-state index < -0.39 is 16.7 Å². The average molecular weight is 301 g/mol. The van der Waals surface area contributed by atoms with Gasteiger partial charge in [0.05, 0.1) is 11.2 Å². The molecule has 0 aliphatic rings. The van der Waals surface area contributed by atoms with Crippen molar-refractivity contribution in [3.8, 4) is 0 Å². The van der Waals surface area contributed by atoms with Crippen molar-refractivity contribution < 1.29 is 18.9 Å². The fraction of sp³-hybridized carbons (Fsp3) is 0. The van der Waals surface area contributed by atoms with E-state index in [1.165, 1.54) is 42.7 Å². The van der Waals surface area contributed by atoms with Gasteiger partial charge in [-0.15, -0.1) is 0 Å². The Balaban J connectivity index is 1.86. The maximum absolute atomic E-state index is 11.7. The molecule has 8 heteroatoms. The molecular weight excluding hydrogens is 290 g/mol. The first-order valence-corrected chi connectivity index (χ1v) is 6.12. The van der Waals surface area contributed by atoms with Crippen LogP contribution in [0.25, 0.3) is 6.08 Å². The van der Waals surface area contributed by atoms with Crippen LogP contribution in [0, 0.1) is 10.1 Å². The summed E-state index contributed by atoms with van der Waals surface area (Å²) < 4.78 is 5.00. The smallest absolute Gasteiger partial charge is 0.269 e. The highest BCUT2D eigenvalue weighted by Gasteiger charge is 2.09. The summed E-state index contributed by atoms with van der Waals surface area (Å²) in [5.41, 5.74) is 4.43. The number of hydrogen-bond acceptors (Lipinski definition) is 5. The molecule has 0 saturated carbocycles. The summed E-state index contributed by atoms with van der Waals surface area (Å²) in [5.74, 6) is -0.641. The Bertz CT molecular complexity index is 705. The van der Waals surface area contributed by atoms with Gasteiger partial charge in [-0.25, -0.2) is 0 Å². The number of nitrogens with one attached hydrogen (secondary N) is 2. The summed E-state index contributed by atoms with van der Waals surface area (Å²) in [5, 5.41) is 10.5. The highest BCUT2D eigenvalue weighted by Crippen LogP contribution is 2.11. The van der Waals surface area contributed by atoms with Crippen LogP contribution in [-0.4, -0.2) is 16.7 Å². The Morgan fingerprint density at radius 1 is 1.14 bits per heavy atom. The average Bonchev–Trinajstić information content (AvgIpc) is 3.04. The first kappa shape index (κ1) is 15.0. The number of nitro groups is 1. The van der Waals surface area contributed by atoms with Crippen LogP contribution in [0.3, 0.4) is 0 Å². The number of amides is 2. The molecule has 2 aromatic rings. The van der Waals surface area contributed by atoms with E-state index in [9.17, 15) is 19.7 Å². The number of hydrogen-bond donors (Lipinski definition) is 2. The van der Waals surface area contributed by atoms with E-state index in [0.29, 0.717) is 5.76 Å². The first-order valence-electron chi connectivity index (χ1n) is 6.12. The summed E-state index contributed by atoms with van der Waals surface area (Å²) in [6.45, 7) is 0. The largest absolute Gasteiger partial charge is 0.465 e. The van der Waals surface area contributed by atoms with E-state index >= 15 is 0 Å². The van der Waals surface area contributed by atoms with Gasteiger partial charge in [0.25, 0.3) is 17.5 Å². The van der Waals surface area contributed by atoms with Gasteiger partial charge in [0.2, 0.25) is 0 Å². The number of nitro benzene ring substituents is 1. The quantitative estimate of drug-likeness (QED) is 0.506. The fourth-order valence-electron chi connectivity index (χ4n) is 1.51. The molecule has 1 aromatic carbocycles. The molecule has 0 saturated heterocycles. The highest BCUT2D eigenvalue weighted by atomic mass is 16.6. The zero-order valence-electron chi connectivity index (χ0n) is 11.2. The molecule has 0 bridgehead atoms. The lowest BCUT2D eigenvalue weighted by molar-refractivity contribution is -0.384. The maximum atomic E-state index is 11.7. The lowest BCUT2D eigenvalue weighted by Crippen LogP contribution is -2.40. The number of hydrazine groups is 1. The van der Waals surface area contributed by atoms with E-state index in [4.69, 9.17) is 4.42 Å². The topological polar surface area (TPSA) is 114 Å². The third-order valence-electron chi connectivity index (χ3n) is 2.58. The number of carbonyl (C=O) groups is 2. The minimum absolute atomic E-state index is 0.123. The predicted molar refractivity (Wildman–Crippen MR) is 76.4 cm³/mol. The van der Waals surface area contributed by atoms with Crippen molar-refractivity contribution in [2.24, 2.45) is 0 Å². The van der Waals surface area contributed by atoms with E-state index in [1.54, 1.807) is 12.1 Å². The number of furan rings is 1. The van der Waals surface area contributed by atoms with Gasteiger partial charge in [-0.2, -0.15) is 0 Å². The van der Waals surface area contributed by atoms with Gasteiger partial charge in [0.1, 0.15) is 5.76 Å². The Hall–Kier alpha value is -3.42. The third kappa shape index (κ3) is 4.04. The molecule has 0 atom stereocenters. The predicted octanol–water partition coefficient (Wildman–Crippen LogP) is 1.66. The molecule has 1 aromatic heterocycles. The normalized spacial score (nSPS) is 10.4. The molecule has 2 N–H and O–H groups in total. The molecule has 0 aliphatic carbocycles.